The molecule has 153 valence electrons. The van der Waals surface area contributed by atoms with E-state index in [0.29, 0.717) is 22.0 Å². The van der Waals surface area contributed by atoms with Crippen molar-refractivity contribution in [2.45, 2.75) is 43.0 Å². The molecular weight excluding hydrogens is 453 g/mol. The molecule has 0 aromatic heterocycles. The first kappa shape index (κ1) is 23.1. The quantitative estimate of drug-likeness (QED) is 0.549. The molecule has 0 heterocycles. The maximum absolute atomic E-state index is 13.3. The van der Waals surface area contributed by atoms with Crippen molar-refractivity contribution in [2.24, 2.45) is 17.8 Å². The molecular formula is C23H28Cl2NOSiTi. The van der Waals surface area contributed by atoms with E-state index in [9.17, 15) is 4.79 Å². The van der Waals surface area contributed by atoms with Crippen molar-refractivity contribution in [2.75, 3.05) is 0 Å². The summed E-state index contributed by atoms with van der Waals surface area (Å²) in [4.78, 5) is 13.3. The van der Waals surface area contributed by atoms with Crippen LogP contribution in [0.15, 0.2) is 48.5 Å². The summed E-state index contributed by atoms with van der Waals surface area (Å²) in [5.74, 6) is 2.23. The molecule has 0 saturated heterocycles. The minimum absolute atomic E-state index is 0. The molecule has 6 heteroatoms. The maximum atomic E-state index is 13.3. The van der Waals surface area contributed by atoms with Crippen LogP contribution in [0, 0.1) is 17.8 Å². The number of hydrogen-bond donors (Lipinski definition) is 1. The fourth-order valence-corrected chi connectivity index (χ4v) is 16.1. The van der Waals surface area contributed by atoms with Crippen LogP contribution in [-0.4, -0.2) is 12.6 Å². The molecule has 2 fully saturated rings. The van der Waals surface area contributed by atoms with Crippen molar-refractivity contribution in [1.29, 1.82) is 0 Å². The van der Waals surface area contributed by atoms with Gasteiger partial charge in [-0.25, -0.2) is 0 Å². The van der Waals surface area contributed by atoms with E-state index in [2.05, 4.69) is 65.4 Å². The summed E-state index contributed by atoms with van der Waals surface area (Å²) in [6.07, 6.45) is 5.10. The molecule has 2 bridgehead atoms. The second-order valence-electron chi connectivity index (χ2n) is 8.99. The molecule has 3 aliphatic carbocycles. The second kappa shape index (κ2) is 9.28. The number of rotatable bonds is 4. The van der Waals surface area contributed by atoms with E-state index in [0.717, 1.165) is 12.3 Å². The number of hydrogen-bond acceptors (Lipinski definition) is 1. The second-order valence-corrected chi connectivity index (χ2v) is 22.0. The molecule has 3 unspecified atom stereocenters. The Morgan fingerprint density at radius 3 is 2.00 bits per heavy atom. The Bertz CT molecular complexity index is 847. The van der Waals surface area contributed by atoms with E-state index < -0.39 is 24.0 Å². The van der Waals surface area contributed by atoms with E-state index in [4.69, 9.17) is 0 Å². The van der Waals surface area contributed by atoms with Crippen molar-refractivity contribution in [3.8, 4) is 11.1 Å². The first-order valence-electron chi connectivity index (χ1n) is 10.5. The molecule has 3 atom stereocenters. The Morgan fingerprint density at radius 1 is 0.931 bits per heavy atom. The fourth-order valence-electron chi connectivity index (χ4n) is 5.84. The van der Waals surface area contributed by atoms with E-state index in [1.54, 1.807) is 0 Å². The van der Waals surface area contributed by atoms with Gasteiger partial charge in [-0.1, -0.05) is 0 Å². The van der Waals surface area contributed by atoms with Crippen LogP contribution in [0.4, 0.5) is 0 Å². The Hall–Kier alpha value is -0.579. The molecule has 5 rings (SSSR count). The Balaban J connectivity index is 0.00000120. The van der Waals surface area contributed by atoms with Gasteiger partial charge in [0.2, 0.25) is 0 Å². The van der Waals surface area contributed by atoms with Gasteiger partial charge >= 0.3 is 170 Å². The van der Waals surface area contributed by atoms with E-state index in [1.165, 1.54) is 41.5 Å². The number of amides is 1. The average molecular weight is 481 g/mol. The summed E-state index contributed by atoms with van der Waals surface area (Å²) in [6.45, 7) is 3.98. The standard InChI is InChI=1S/C13H9.C8H13NO.C2H7Si.2ClH.Ti/c1-3-7-12-10(5-1)9-11-6-2-4-8-13(11)12;9-8(10)7-4-5-1-2-6(7)3-5;1-3-2;;;/h1-9H;5-7H,1-4H2,(H2,9,10);3H,1-2H3;2*1H;/q;;;;;+3/p-3. The number of carbonyl (C=O) groups is 1. The molecule has 2 aromatic carbocycles. The van der Waals surface area contributed by atoms with Crippen LogP contribution in [0.3, 0.4) is 0 Å². The van der Waals surface area contributed by atoms with Gasteiger partial charge in [0.15, 0.2) is 0 Å². The third kappa shape index (κ3) is 4.02. The smallest absolute Gasteiger partial charge is 1.00 e. The van der Waals surface area contributed by atoms with Gasteiger partial charge in [-0.05, 0) is 0 Å². The first-order chi connectivity index (χ1) is 13.1. The summed E-state index contributed by atoms with van der Waals surface area (Å²) >= 11 is -1.77. The zero-order chi connectivity index (χ0) is 18.5. The van der Waals surface area contributed by atoms with Gasteiger partial charge in [0.25, 0.3) is 0 Å². The van der Waals surface area contributed by atoms with Crippen LogP contribution in [-0.2, 0) is 22.2 Å². The third-order valence-electron chi connectivity index (χ3n) is 7.11. The van der Waals surface area contributed by atoms with Crippen LogP contribution in [0.25, 0.3) is 11.1 Å². The summed E-state index contributed by atoms with van der Waals surface area (Å²) in [5, 5.41) is 0. The minimum atomic E-state index is -1.77. The van der Waals surface area contributed by atoms with Crippen molar-refractivity contribution in [3.05, 3.63) is 59.7 Å². The van der Waals surface area contributed by atoms with Crippen LogP contribution >= 0.6 is 0 Å². The van der Waals surface area contributed by atoms with Gasteiger partial charge in [-0.3, -0.25) is 0 Å². The van der Waals surface area contributed by atoms with E-state index in [-0.39, 0.29) is 24.8 Å². The fraction of sp³-hybridized carbons (Fsp3) is 0.435. The Morgan fingerprint density at radius 2 is 1.52 bits per heavy atom. The predicted octanol–water partition coefficient (Wildman–Crippen LogP) is -1.17. The summed E-state index contributed by atoms with van der Waals surface area (Å²) in [7, 11) is 0. The molecule has 1 amide bonds. The molecule has 0 spiro atoms. The molecule has 1 N–H and O–H groups in total. The van der Waals surface area contributed by atoms with E-state index >= 15 is 0 Å². The molecule has 3 aliphatic rings. The predicted molar refractivity (Wildman–Crippen MR) is 110 cm³/mol. The van der Waals surface area contributed by atoms with Crippen LogP contribution < -0.4 is 28.6 Å². The number of nitrogens with one attached hydrogen (secondary N) is 1. The van der Waals surface area contributed by atoms with Gasteiger partial charge in [0.1, 0.15) is 0 Å². The number of benzene rings is 2. The largest absolute Gasteiger partial charge is 1.00 e. The van der Waals surface area contributed by atoms with Gasteiger partial charge in [-0.15, -0.1) is 0 Å². The SMILES string of the molecule is C[SiH](C)[Ti+2]([NH]C(=O)C1CC2CCC1C2)[CH]1c2ccccc2-c2ccccc21.[Cl-].[Cl-]. The van der Waals surface area contributed by atoms with Gasteiger partial charge < -0.3 is 24.8 Å². The van der Waals surface area contributed by atoms with Gasteiger partial charge in [0.05, 0.1) is 0 Å². The number of halogens is 2. The maximum Gasteiger partial charge on any atom is -1.00 e. The third-order valence-corrected chi connectivity index (χ3v) is 18.9. The van der Waals surface area contributed by atoms with Crippen molar-refractivity contribution < 1.29 is 47.0 Å². The molecule has 0 radical (unpaired) electrons. The van der Waals surface area contributed by atoms with Crippen LogP contribution in [0.2, 0.25) is 13.1 Å². The number of carbonyl (C=O) groups excluding carboxylic acids is 1. The zero-order valence-electron chi connectivity index (χ0n) is 17.0. The van der Waals surface area contributed by atoms with Gasteiger partial charge in [0, 0.05) is 0 Å². The molecule has 2 nitrogen and oxygen atoms in total. The van der Waals surface area contributed by atoms with E-state index in [1.807, 2.05) is 0 Å². The summed E-state index contributed by atoms with van der Waals surface area (Å²) < 4.78 is 4.23. The minimum Gasteiger partial charge on any atom is -1.00 e. The van der Waals surface area contributed by atoms with Crippen LogP contribution in [0.1, 0.15) is 41.0 Å². The zero-order valence-corrected chi connectivity index (χ0v) is 21.2. The van der Waals surface area contributed by atoms with Gasteiger partial charge in [-0.2, -0.15) is 0 Å². The topological polar surface area (TPSA) is 29.1 Å². The Kier molecular flexibility index (Phi) is 7.39. The van der Waals surface area contributed by atoms with Crippen LogP contribution in [0.5, 0.6) is 0 Å². The molecule has 0 aliphatic heterocycles. The first-order valence-corrected chi connectivity index (χ1v) is 17.8. The van der Waals surface area contributed by atoms with Crippen molar-refractivity contribution in [1.82, 2.24) is 3.80 Å². The number of fused-ring (bicyclic) bond motifs is 5. The summed E-state index contributed by atoms with van der Waals surface area (Å²) in [5.41, 5.74) is 5.74. The Labute approximate surface area is 194 Å². The summed E-state index contributed by atoms with van der Waals surface area (Å²) in [6, 6.07) is 17.8. The average Bonchev–Trinajstić information content (AvgIpc) is 3.39. The van der Waals surface area contributed by atoms with Crippen molar-refractivity contribution >= 4 is 12.6 Å². The molecule has 2 aromatic rings. The monoisotopic (exact) mass is 480 g/mol. The molecule has 2 saturated carbocycles. The normalized spacial score (nSPS) is 23.8. The molecule has 29 heavy (non-hydrogen) atoms. The van der Waals surface area contributed by atoms with Crippen molar-refractivity contribution in [3.63, 3.8) is 0 Å².